The smallest absolute Gasteiger partial charge is 0.294 e. The third-order valence-corrected chi connectivity index (χ3v) is 3.01. The lowest BCUT2D eigenvalue weighted by Crippen LogP contribution is -2.31. The fourth-order valence-corrected chi connectivity index (χ4v) is 1.92. The number of benzene rings is 1. The Morgan fingerprint density at radius 2 is 1.95 bits per heavy atom. The van der Waals surface area contributed by atoms with Crippen LogP contribution in [0.5, 0.6) is 5.75 Å². The molecule has 2 rings (SSSR count). The Labute approximate surface area is 117 Å². The number of methoxy groups -OCH3 is 1. The minimum absolute atomic E-state index is 0.249. The molecule has 1 aromatic heterocycles. The number of para-hydroxylation sites is 1. The van der Waals surface area contributed by atoms with Crippen LogP contribution in [0.3, 0.4) is 0 Å². The van der Waals surface area contributed by atoms with E-state index in [1.54, 1.807) is 43.1 Å². The predicted octanol–water partition coefficient (Wildman–Crippen LogP) is 1.53. The molecule has 0 atom stereocenters. The highest BCUT2D eigenvalue weighted by Gasteiger charge is 2.18. The van der Waals surface area contributed by atoms with Crippen LogP contribution in [0.15, 0.2) is 42.6 Å². The normalized spacial score (nSPS) is 10.1. The van der Waals surface area contributed by atoms with E-state index >= 15 is 0 Å². The molecule has 0 fully saturated rings. The maximum absolute atomic E-state index is 11.9. The van der Waals surface area contributed by atoms with E-state index in [0.717, 1.165) is 5.56 Å². The summed E-state index contributed by atoms with van der Waals surface area (Å²) in [4.78, 5) is 23.8. The van der Waals surface area contributed by atoms with Gasteiger partial charge < -0.3 is 14.6 Å². The van der Waals surface area contributed by atoms with Crippen LogP contribution in [-0.4, -0.2) is 23.4 Å². The second-order valence-corrected chi connectivity index (χ2v) is 4.33. The van der Waals surface area contributed by atoms with Gasteiger partial charge in [0.15, 0.2) is 0 Å². The van der Waals surface area contributed by atoms with Crippen LogP contribution in [0.2, 0.25) is 0 Å². The van der Waals surface area contributed by atoms with E-state index in [4.69, 9.17) is 4.74 Å². The molecule has 0 radical (unpaired) electrons. The Hall–Kier alpha value is -2.56. The summed E-state index contributed by atoms with van der Waals surface area (Å²) < 4.78 is 6.81. The summed E-state index contributed by atoms with van der Waals surface area (Å²) in [5.74, 6) is -0.496. The van der Waals surface area contributed by atoms with Crippen LogP contribution < -0.4 is 10.1 Å². The molecular weight excluding hydrogens is 256 g/mol. The molecule has 2 aromatic rings. The third-order valence-electron chi connectivity index (χ3n) is 3.01. The first-order valence-electron chi connectivity index (χ1n) is 6.19. The summed E-state index contributed by atoms with van der Waals surface area (Å²) in [6, 6.07) is 10.7. The molecule has 104 valence electrons. The van der Waals surface area contributed by atoms with Gasteiger partial charge in [0.2, 0.25) is 0 Å². The second-order valence-electron chi connectivity index (χ2n) is 4.33. The van der Waals surface area contributed by atoms with Crippen molar-refractivity contribution in [2.75, 3.05) is 7.11 Å². The molecule has 1 amide bonds. The zero-order valence-electron chi connectivity index (χ0n) is 11.4. The van der Waals surface area contributed by atoms with Crippen molar-refractivity contribution in [1.82, 2.24) is 9.88 Å². The highest BCUT2D eigenvalue weighted by atomic mass is 16.5. The summed E-state index contributed by atoms with van der Waals surface area (Å²) in [6.45, 7) is 0.249. The van der Waals surface area contributed by atoms with Gasteiger partial charge in [0, 0.05) is 25.4 Å². The highest BCUT2D eigenvalue weighted by Crippen LogP contribution is 2.16. The first-order valence-corrected chi connectivity index (χ1v) is 6.19. The topological polar surface area (TPSA) is 60.3 Å². The maximum atomic E-state index is 11.9. The van der Waals surface area contributed by atoms with Gasteiger partial charge in [0.1, 0.15) is 5.75 Å². The number of nitrogens with zero attached hydrogens (tertiary/aromatic N) is 1. The van der Waals surface area contributed by atoms with Gasteiger partial charge in [0.25, 0.3) is 11.7 Å². The Morgan fingerprint density at radius 1 is 1.20 bits per heavy atom. The molecule has 1 aromatic carbocycles. The van der Waals surface area contributed by atoms with E-state index in [1.807, 2.05) is 18.2 Å². The van der Waals surface area contributed by atoms with E-state index in [1.165, 1.54) is 0 Å². The predicted molar refractivity (Wildman–Crippen MR) is 74.6 cm³/mol. The maximum Gasteiger partial charge on any atom is 0.294 e. The average molecular weight is 272 g/mol. The number of aryl methyl sites for hydroxylation is 1. The van der Waals surface area contributed by atoms with Crippen molar-refractivity contribution in [2.45, 2.75) is 6.54 Å². The number of Topliss-reactive ketones (excluding diaryl/α,β-unsaturated/α-hetero) is 1. The zero-order valence-corrected chi connectivity index (χ0v) is 11.4. The van der Waals surface area contributed by atoms with Crippen LogP contribution in [0.25, 0.3) is 0 Å². The molecule has 0 unspecified atom stereocenters. The Morgan fingerprint density at radius 3 is 2.60 bits per heavy atom. The van der Waals surface area contributed by atoms with E-state index in [9.17, 15) is 9.59 Å². The van der Waals surface area contributed by atoms with E-state index in [2.05, 4.69) is 5.32 Å². The minimum atomic E-state index is -0.627. The fourth-order valence-electron chi connectivity index (χ4n) is 1.92. The number of ether oxygens (including phenoxy) is 1. The van der Waals surface area contributed by atoms with Gasteiger partial charge >= 0.3 is 0 Å². The summed E-state index contributed by atoms with van der Waals surface area (Å²) >= 11 is 0. The standard InChI is InChI=1S/C15H16N2O3/c1-17-9-5-7-12(17)14(18)15(19)16-10-11-6-3-4-8-13(11)20-2/h3-9H,10H2,1-2H3,(H,16,19). The molecule has 1 heterocycles. The molecule has 0 saturated carbocycles. The third kappa shape index (κ3) is 2.88. The average Bonchev–Trinajstić information content (AvgIpc) is 2.90. The zero-order chi connectivity index (χ0) is 14.5. The molecule has 0 spiro atoms. The van der Waals surface area contributed by atoms with Crippen molar-refractivity contribution in [3.63, 3.8) is 0 Å². The second kappa shape index (κ2) is 6.06. The largest absolute Gasteiger partial charge is 0.496 e. The first-order chi connectivity index (χ1) is 9.63. The molecule has 1 N–H and O–H groups in total. The van der Waals surface area contributed by atoms with E-state index in [0.29, 0.717) is 11.4 Å². The summed E-state index contributed by atoms with van der Waals surface area (Å²) in [5.41, 5.74) is 1.19. The number of hydrogen-bond acceptors (Lipinski definition) is 3. The lowest BCUT2D eigenvalue weighted by molar-refractivity contribution is -0.117. The van der Waals surface area contributed by atoms with Crippen LogP contribution in [-0.2, 0) is 18.4 Å². The molecule has 5 nitrogen and oxygen atoms in total. The van der Waals surface area contributed by atoms with Crippen molar-refractivity contribution in [3.05, 3.63) is 53.9 Å². The van der Waals surface area contributed by atoms with Crippen LogP contribution >= 0.6 is 0 Å². The molecule has 20 heavy (non-hydrogen) atoms. The van der Waals surface area contributed by atoms with Crippen molar-refractivity contribution in [1.29, 1.82) is 0 Å². The van der Waals surface area contributed by atoms with E-state index in [-0.39, 0.29) is 6.54 Å². The van der Waals surface area contributed by atoms with Gasteiger partial charge in [-0.2, -0.15) is 0 Å². The summed E-state index contributed by atoms with van der Waals surface area (Å²) in [5, 5.41) is 2.61. The Kier molecular flexibility index (Phi) is 4.20. The number of ketones is 1. The first kappa shape index (κ1) is 13.9. The molecule has 0 bridgehead atoms. The number of nitrogens with one attached hydrogen (secondary N) is 1. The van der Waals surface area contributed by atoms with Gasteiger partial charge in [-0.3, -0.25) is 9.59 Å². The number of carbonyl (C=O) groups excluding carboxylic acids is 2. The number of aromatic nitrogens is 1. The van der Waals surface area contributed by atoms with Crippen LogP contribution in [0.1, 0.15) is 16.1 Å². The monoisotopic (exact) mass is 272 g/mol. The van der Waals surface area contributed by atoms with Crippen molar-refractivity contribution in [3.8, 4) is 5.75 Å². The lowest BCUT2D eigenvalue weighted by atomic mass is 10.2. The Bertz CT molecular complexity index is 632. The molecule has 0 aliphatic rings. The van der Waals surface area contributed by atoms with Crippen molar-refractivity contribution < 1.29 is 14.3 Å². The fraction of sp³-hybridized carbons (Fsp3) is 0.200. The summed E-state index contributed by atoms with van der Waals surface area (Å²) in [7, 11) is 3.29. The van der Waals surface area contributed by atoms with Crippen molar-refractivity contribution in [2.24, 2.45) is 7.05 Å². The molecule has 0 saturated heterocycles. The molecule has 0 aliphatic heterocycles. The number of carbonyl (C=O) groups is 2. The van der Waals surface area contributed by atoms with Gasteiger partial charge in [0.05, 0.1) is 12.8 Å². The van der Waals surface area contributed by atoms with Crippen LogP contribution in [0, 0.1) is 0 Å². The van der Waals surface area contributed by atoms with Crippen molar-refractivity contribution >= 4 is 11.7 Å². The Balaban J connectivity index is 2.02. The minimum Gasteiger partial charge on any atom is -0.496 e. The molecular formula is C15H16N2O3. The van der Waals surface area contributed by atoms with Gasteiger partial charge in [-0.1, -0.05) is 18.2 Å². The van der Waals surface area contributed by atoms with E-state index < -0.39 is 11.7 Å². The summed E-state index contributed by atoms with van der Waals surface area (Å²) in [6.07, 6.45) is 1.72. The SMILES string of the molecule is COc1ccccc1CNC(=O)C(=O)c1cccn1C. The molecule has 0 aliphatic carbocycles. The number of hydrogen-bond donors (Lipinski definition) is 1. The number of amides is 1. The van der Waals surface area contributed by atoms with Gasteiger partial charge in [-0.25, -0.2) is 0 Å². The van der Waals surface area contributed by atoms with Crippen LogP contribution in [0.4, 0.5) is 0 Å². The number of rotatable bonds is 5. The van der Waals surface area contributed by atoms with Gasteiger partial charge in [-0.05, 0) is 18.2 Å². The highest BCUT2D eigenvalue weighted by molar-refractivity contribution is 6.42. The quantitative estimate of drug-likeness (QED) is 0.663. The van der Waals surface area contributed by atoms with Gasteiger partial charge in [-0.15, -0.1) is 0 Å². The lowest BCUT2D eigenvalue weighted by Gasteiger charge is -2.09. The molecule has 5 heteroatoms.